The molecular weight excluding hydrogens is 917 g/mol. The average molecular weight is 969 g/mol. The van der Waals surface area contributed by atoms with Gasteiger partial charge in [-0.2, -0.15) is 0 Å². The van der Waals surface area contributed by atoms with E-state index < -0.39 is 115 Å². The molecule has 1 heterocycles. The Hall–Kier alpha value is -4.83. The van der Waals surface area contributed by atoms with Crippen LogP contribution in [0.2, 0.25) is 0 Å². The number of hydrogen-bond acceptors (Lipinski definition) is 19. The van der Waals surface area contributed by atoms with Crippen molar-refractivity contribution in [2.24, 2.45) is 0 Å². The number of hydrogen-bond donors (Lipinski definition) is 2. The molecule has 1 aliphatic heterocycles. The standard InChI is InChI=1S/C41H52Cl3NO19/c1-7-8-18-54-21-32-35(60-26(5)49)36(64-40(52)62-28-12-10-9-11-13-28)37(38(63-32)61-29-16-14-27(53-6)15-17-29)56-19-30(45-39(51)57-22-41(42,43)44)33(58-24(3)47)34(59-25(4)48)31(50)20-55-23(2)46/h9-17,30-38,50H,7-8,18-22H2,1-6H3,(H,45,51)/t30?,31?,32?,33-,34-,35-,36+,37?,38-/m1/s1. The van der Waals surface area contributed by atoms with Crippen LogP contribution in [0.4, 0.5) is 9.59 Å². The number of rotatable bonds is 23. The molecule has 2 N–H and O–H groups in total. The molecule has 4 unspecified atom stereocenters. The molecule has 1 amide bonds. The van der Waals surface area contributed by atoms with Crippen LogP contribution in [0.15, 0.2) is 54.6 Å². The molecule has 0 saturated carbocycles. The van der Waals surface area contributed by atoms with Gasteiger partial charge in [0.1, 0.15) is 42.7 Å². The topological polar surface area (TPSA) is 245 Å². The molecule has 64 heavy (non-hydrogen) atoms. The van der Waals surface area contributed by atoms with Crippen LogP contribution in [0, 0.1) is 0 Å². The van der Waals surface area contributed by atoms with Crippen LogP contribution in [0.1, 0.15) is 47.5 Å². The molecule has 0 spiro atoms. The van der Waals surface area contributed by atoms with Crippen molar-refractivity contribution in [2.75, 3.05) is 40.1 Å². The van der Waals surface area contributed by atoms with E-state index in [9.17, 15) is 33.9 Å². The fourth-order valence-electron chi connectivity index (χ4n) is 5.90. The fourth-order valence-corrected chi connectivity index (χ4v) is 6.07. The number of nitrogens with one attached hydrogen (secondary N) is 1. The van der Waals surface area contributed by atoms with Gasteiger partial charge in [-0.1, -0.05) is 66.3 Å². The molecule has 0 aromatic heterocycles. The number of alkyl halides is 3. The van der Waals surface area contributed by atoms with Crippen LogP contribution in [0.5, 0.6) is 17.2 Å². The Morgan fingerprint density at radius 3 is 1.98 bits per heavy atom. The average Bonchev–Trinajstić information content (AvgIpc) is 3.22. The predicted molar refractivity (Wildman–Crippen MR) is 223 cm³/mol. The second-order valence-corrected chi connectivity index (χ2v) is 16.4. The summed E-state index contributed by atoms with van der Waals surface area (Å²) in [5.41, 5.74) is 0. The van der Waals surface area contributed by atoms with Crippen LogP contribution >= 0.6 is 34.8 Å². The zero-order chi connectivity index (χ0) is 47.4. The van der Waals surface area contributed by atoms with Gasteiger partial charge in [0.15, 0.2) is 30.5 Å². The number of methoxy groups -OCH3 is 1. The summed E-state index contributed by atoms with van der Waals surface area (Å²) < 4.78 is 66.1. The third kappa shape index (κ3) is 19.1. The molecular formula is C41H52Cl3NO19. The maximum Gasteiger partial charge on any atom is 0.514 e. The molecule has 0 bridgehead atoms. The van der Waals surface area contributed by atoms with Crippen molar-refractivity contribution < 1.29 is 90.7 Å². The van der Waals surface area contributed by atoms with Crippen LogP contribution in [0.25, 0.3) is 0 Å². The zero-order valence-electron chi connectivity index (χ0n) is 35.8. The summed E-state index contributed by atoms with van der Waals surface area (Å²) in [5, 5.41) is 13.6. The summed E-state index contributed by atoms with van der Waals surface area (Å²) >= 11 is 17.4. The minimum atomic E-state index is -2.09. The number of carbonyl (C=O) groups is 6. The Balaban J connectivity index is 2.22. The Morgan fingerprint density at radius 2 is 1.41 bits per heavy atom. The summed E-state index contributed by atoms with van der Waals surface area (Å²) in [6.07, 6.45) is -14.4. The molecule has 356 valence electrons. The second kappa shape index (κ2) is 26.8. The van der Waals surface area contributed by atoms with E-state index in [4.69, 9.17) is 91.6 Å². The van der Waals surface area contributed by atoms with E-state index in [-0.39, 0.29) is 24.7 Å². The first-order valence-corrected chi connectivity index (χ1v) is 20.9. The number of aliphatic hydroxyl groups is 1. The number of carbonyl (C=O) groups excluding carboxylic acids is 6. The maximum atomic E-state index is 13.6. The zero-order valence-corrected chi connectivity index (χ0v) is 38.0. The van der Waals surface area contributed by atoms with Gasteiger partial charge in [0.25, 0.3) is 0 Å². The van der Waals surface area contributed by atoms with Crippen LogP contribution in [-0.4, -0.2) is 140 Å². The summed E-state index contributed by atoms with van der Waals surface area (Å²) in [7, 11) is 1.46. The quantitative estimate of drug-likeness (QED) is 0.0501. The Labute approximate surface area is 384 Å². The highest BCUT2D eigenvalue weighted by Gasteiger charge is 2.53. The van der Waals surface area contributed by atoms with Gasteiger partial charge in [0.2, 0.25) is 10.1 Å². The van der Waals surface area contributed by atoms with Gasteiger partial charge in [-0.25, -0.2) is 9.59 Å². The van der Waals surface area contributed by atoms with Crippen molar-refractivity contribution in [2.45, 2.75) is 106 Å². The van der Waals surface area contributed by atoms with Gasteiger partial charge in [-0.15, -0.1) is 0 Å². The van der Waals surface area contributed by atoms with E-state index in [1.165, 1.54) is 31.4 Å². The second-order valence-electron chi connectivity index (χ2n) is 13.8. The summed E-state index contributed by atoms with van der Waals surface area (Å²) in [6.45, 7) is 3.70. The molecule has 3 rings (SSSR count). The van der Waals surface area contributed by atoms with Crippen molar-refractivity contribution in [1.82, 2.24) is 5.32 Å². The minimum absolute atomic E-state index is 0.0808. The maximum absolute atomic E-state index is 13.6. The van der Waals surface area contributed by atoms with E-state index in [2.05, 4.69) is 5.32 Å². The molecule has 1 fully saturated rings. The van der Waals surface area contributed by atoms with Gasteiger partial charge in [0.05, 0.1) is 26.4 Å². The van der Waals surface area contributed by atoms with Crippen LogP contribution in [-0.2, 0) is 61.8 Å². The number of ether oxygens (including phenoxy) is 12. The van der Waals surface area contributed by atoms with Crippen molar-refractivity contribution in [3.05, 3.63) is 54.6 Å². The third-order valence-corrected chi connectivity index (χ3v) is 8.93. The molecule has 20 nitrogen and oxygen atoms in total. The lowest BCUT2D eigenvalue weighted by Crippen LogP contribution is -2.64. The highest BCUT2D eigenvalue weighted by molar-refractivity contribution is 6.67. The van der Waals surface area contributed by atoms with Crippen molar-refractivity contribution in [3.63, 3.8) is 0 Å². The number of benzene rings is 2. The summed E-state index contributed by atoms with van der Waals surface area (Å²) in [4.78, 5) is 76.4. The Morgan fingerprint density at radius 1 is 0.766 bits per heavy atom. The van der Waals surface area contributed by atoms with Crippen molar-refractivity contribution in [3.8, 4) is 17.2 Å². The predicted octanol–water partition coefficient (Wildman–Crippen LogP) is 4.77. The normalized spacial score (nSPS) is 20.2. The van der Waals surface area contributed by atoms with Gasteiger partial charge in [-0.3, -0.25) is 19.2 Å². The van der Waals surface area contributed by atoms with E-state index >= 15 is 0 Å². The molecule has 9 atom stereocenters. The van der Waals surface area contributed by atoms with Gasteiger partial charge in [0, 0.05) is 34.3 Å². The lowest BCUT2D eigenvalue weighted by atomic mass is 9.97. The smallest absolute Gasteiger partial charge is 0.497 e. The number of para-hydroxylation sites is 1. The number of amides is 1. The van der Waals surface area contributed by atoms with Gasteiger partial charge < -0.3 is 67.3 Å². The fraction of sp³-hybridized carbons (Fsp3) is 0.561. The highest BCUT2D eigenvalue weighted by atomic mass is 35.6. The highest BCUT2D eigenvalue weighted by Crippen LogP contribution is 2.33. The first kappa shape index (κ1) is 53.5. The van der Waals surface area contributed by atoms with Gasteiger partial charge in [-0.05, 0) is 42.8 Å². The molecule has 2 aromatic rings. The number of esters is 4. The van der Waals surface area contributed by atoms with E-state index in [0.717, 1.165) is 34.1 Å². The first-order valence-electron chi connectivity index (χ1n) is 19.7. The first-order chi connectivity index (χ1) is 30.3. The van der Waals surface area contributed by atoms with Crippen molar-refractivity contribution in [1.29, 1.82) is 0 Å². The van der Waals surface area contributed by atoms with Crippen LogP contribution in [0.3, 0.4) is 0 Å². The number of alkyl carbamates (subject to hydrolysis) is 1. The molecule has 0 aliphatic carbocycles. The van der Waals surface area contributed by atoms with Crippen LogP contribution < -0.4 is 19.5 Å². The number of aliphatic hydroxyl groups excluding tert-OH is 1. The largest absolute Gasteiger partial charge is 0.514 e. The SMILES string of the molecule is CCCCOCC1O[C@@H](Oc2ccc(OC)cc2)C(OCC(NC(=O)OCC(Cl)(Cl)Cl)[C@@H](OC(C)=O)[C@H](OC(C)=O)C(O)COC(C)=O)[C@@H](OC(=O)Oc2ccccc2)[C@@H]1OC(C)=O. The lowest BCUT2D eigenvalue weighted by Gasteiger charge is -2.45. The lowest BCUT2D eigenvalue weighted by molar-refractivity contribution is -0.294. The minimum Gasteiger partial charge on any atom is -0.497 e. The number of unbranched alkanes of at least 4 members (excludes halogenated alkanes) is 1. The molecule has 23 heteroatoms. The van der Waals surface area contributed by atoms with Crippen molar-refractivity contribution >= 4 is 70.9 Å². The summed E-state index contributed by atoms with van der Waals surface area (Å²) in [6, 6.07) is 12.3. The Kier molecular flexibility index (Phi) is 22.4. The monoisotopic (exact) mass is 967 g/mol. The summed E-state index contributed by atoms with van der Waals surface area (Å²) in [5.74, 6) is -2.95. The molecule has 1 aliphatic rings. The van der Waals surface area contributed by atoms with E-state index in [1.54, 1.807) is 30.3 Å². The molecule has 1 saturated heterocycles. The molecule has 2 aromatic carbocycles. The molecule has 0 radical (unpaired) electrons. The van der Waals surface area contributed by atoms with E-state index in [1.807, 2.05) is 6.92 Å². The van der Waals surface area contributed by atoms with E-state index in [0.29, 0.717) is 12.2 Å². The number of halogens is 3. The Bertz CT molecular complexity index is 1800. The van der Waals surface area contributed by atoms with Gasteiger partial charge >= 0.3 is 36.1 Å². The third-order valence-electron chi connectivity index (χ3n) is 8.61.